The molecule has 0 bridgehead atoms. The van der Waals surface area contributed by atoms with Crippen LogP contribution in [0, 0.1) is 0 Å². The summed E-state index contributed by atoms with van der Waals surface area (Å²) < 4.78 is 11.5. The zero-order valence-corrected chi connectivity index (χ0v) is 17.7. The highest BCUT2D eigenvalue weighted by Gasteiger charge is 2.51. The largest absolute Gasteiger partial charge is 0.353 e. The number of likely N-dealkylation sites (tertiary alicyclic amines) is 1. The molecule has 2 unspecified atom stereocenters. The van der Waals surface area contributed by atoms with Gasteiger partial charge in [0.25, 0.3) is 0 Å². The van der Waals surface area contributed by atoms with Crippen molar-refractivity contribution in [3.63, 3.8) is 0 Å². The number of carbonyl (C=O) groups excluding carboxylic acids is 1. The number of benzene rings is 1. The maximum Gasteiger partial charge on any atom is 0.227 e. The Hall–Kier alpha value is -0.850. The van der Waals surface area contributed by atoms with Crippen molar-refractivity contribution in [2.24, 2.45) is 0 Å². The quantitative estimate of drug-likeness (QED) is 0.639. The highest BCUT2D eigenvalue weighted by molar-refractivity contribution is 6.42. The smallest absolute Gasteiger partial charge is 0.227 e. The third kappa shape index (κ3) is 4.28. The van der Waals surface area contributed by atoms with E-state index in [0.717, 1.165) is 25.1 Å². The number of carbonyl (C=O) groups is 1. The number of ether oxygens (including phenoxy) is 2. The van der Waals surface area contributed by atoms with E-state index >= 15 is 0 Å². The molecule has 5 nitrogen and oxygen atoms in total. The third-order valence-corrected chi connectivity index (χ3v) is 6.73. The van der Waals surface area contributed by atoms with E-state index < -0.39 is 5.79 Å². The molecule has 7 heteroatoms. The molecule has 3 rings (SSSR count). The number of nitrogens with zero attached hydrogens (tertiary/aromatic N) is 2. The Morgan fingerprint density at radius 3 is 2.44 bits per heavy atom. The van der Waals surface area contributed by atoms with Crippen molar-refractivity contribution in [3.8, 4) is 0 Å². The molecule has 1 aromatic rings. The fraction of sp³-hybridized carbons (Fsp3) is 0.650. The summed E-state index contributed by atoms with van der Waals surface area (Å²) in [6, 6.07) is 5.70. The zero-order valence-electron chi connectivity index (χ0n) is 16.2. The molecule has 27 heavy (non-hydrogen) atoms. The Balaban J connectivity index is 1.78. The minimum Gasteiger partial charge on any atom is -0.353 e. The van der Waals surface area contributed by atoms with Gasteiger partial charge in [0.05, 0.1) is 22.5 Å². The maximum atomic E-state index is 13.1. The molecule has 0 radical (unpaired) electrons. The van der Waals surface area contributed by atoms with Crippen molar-refractivity contribution in [1.82, 2.24) is 9.80 Å². The lowest BCUT2D eigenvalue weighted by atomic mass is 10.0. The van der Waals surface area contributed by atoms with Gasteiger partial charge in [-0.2, -0.15) is 0 Å². The lowest BCUT2D eigenvalue weighted by molar-refractivity contribution is -0.205. The van der Waals surface area contributed by atoms with Crippen LogP contribution in [0.5, 0.6) is 0 Å². The van der Waals surface area contributed by atoms with Crippen molar-refractivity contribution in [1.29, 1.82) is 0 Å². The number of amides is 1. The van der Waals surface area contributed by atoms with Crippen LogP contribution in [0.1, 0.15) is 31.7 Å². The number of rotatable bonds is 7. The maximum absolute atomic E-state index is 13.1. The molecule has 1 aliphatic carbocycles. The molecular formula is C20H28Cl2N2O3. The summed E-state index contributed by atoms with van der Waals surface area (Å²) >= 11 is 12.1. The standard InChI is InChI=1S/C20H28Cl2N2O3/c1-4-24(19(25)11-14-6-7-15(21)16(22)10-14)18-13-20(26-2,27-3)12-17(18)23-8-5-9-23/h6-7,10,17-18H,4-5,8-9,11-13H2,1-3H3. The fourth-order valence-electron chi connectivity index (χ4n) is 4.29. The first-order valence-corrected chi connectivity index (χ1v) is 10.3. The summed E-state index contributed by atoms with van der Waals surface area (Å²) in [5.41, 5.74) is 0.871. The van der Waals surface area contributed by atoms with Crippen molar-refractivity contribution in [2.45, 2.75) is 50.5 Å². The van der Waals surface area contributed by atoms with E-state index in [2.05, 4.69) is 4.90 Å². The van der Waals surface area contributed by atoms with Gasteiger partial charge in [-0.05, 0) is 44.1 Å². The Kier molecular flexibility index (Phi) is 6.70. The van der Waals surface area contributed by atoms with Gasteiger partial charge in [0.2, 0.25) is 5.91 Å². The molecule has 0 spiro atoms. The first-order valence-electron chi connectivity index (χ1n) is 9.50. The molecule has 0 N–H and O–H groups in total. The molecule has 2 fully saturated rings. The minimum atomic E-state index is -0.623. The summed E-state index contributed by atoms with van der Waals surface area (Å²) in [5, 5.41) is 0.973. The predicted octanol–water partition coefficient (Wildman–Crippen LogP) is 3.61. The van der Waals surface area contributed by atoms with Gasteiger partial charge >= 0.3 is 0 Å². The second kappa shape index (κ2) is 8.66. The normalized spacial score (nSPS) is 24.6. The highest BCUT2D eigenvalue weighted by Crippen LogP contribution is 2.40. The number of methoxy groups -OCH3 is 2. The third-order valence-electron chi connectivity index (χ3n) is 5.99. The van der Waals surface area contributed by atoms with Gasteiger partial charge in [0.15, 0.2) is 5.79 Å². The van der Waals surface area contributed by atoms with Gasteiger partial charge < -0.3 is 14.4 Å². The molecule has 1 amide bonds. The molecule has 2 aliphatic rings. The van der Waals surface area contributed by atoms with Gasteiger partial charge in [0.1, 0.15) is 0 Å². The van der Waals surface area contributed by atoms with Gasteiger partial charge in [-0.3, -0.25) is 9.69 Å². The van der Waals surface area contributed by atoms with Crippen LogP contribution in [0.3, 0.4) is 0 Å². The molecule has 2 atom stereocenters. The van der Waals surface area contributed by atoms with Crippen LogP contribution in [0.15, 0.2) is 18.2 Å². The van der Waals surface area contributed by atoms with E-state index in [9.17, 15) is 4.79 Å². The van der Waals surface area contributed by atoms with Crippen molar-refractivity contribution in [3.05, 3.63) is 33.8 Å². The monoisotopic (exact) mass is 414 g/mol. The number of halogens is 2. The Labute approximate surface area is 171 Å². The Morgan fingerprint density at radius 2 is 1.93 bits per heavy atom. The minimum absolute atomic E-state index is 0.0745. The molecule has 1 saturated heterocycles. The summed E-state index contributed by atoms with van der Waals surface area (Å²) in [7, 11) is 3.37. The lowest BCUT2D eigenvalue weighted by Gasteiger charge is -2.42. The van der Waals surface area contributed by atoms with Crippen molar-refractivity contribution in [2.75, 3.05) is 33.9 Å². The zero-order chi connectivity index (χ0) is 19.6. The number of likely N-dealkylation sites (N-methyl/N-ethyl adjacent to an activating group) is 1. The summed E-state index contributed by atoms with van der Waals surface area (Å²) in [6.07, 6.45) is 2.98. The van der Waals surface area contributed by atoms with E-state index in [0.29, 0.717) is 29.4 Å². The highest BCUT2D eigenvalue weighted by atomic mass is 35.5. The van der Waals surface area contributed by atoms with E-state index in [4.69, 9.17) is 32.7 Å². The number of hydrogen-bond donors (Lipinski definition) is 0. The predicted molar refractivity (Wildman–Crippen MR) is 107 cm³/mol. The molecule has 0 aromatic heterocycles. The summed E-state index contributed by atoms with van der Waals surface area (Å²) in [6.45, 7) is 4.82. The summed E-state index contributed by atoms with van der Waals surface area (Å²) in [4.78, 5) is 17.6. The molecule has 1 heterocycles. The summed E-state index contributed by atoms with van der Waals surface area (Å²) in [5.74, 6) is -0.531. The van der Waals surface area contributed by atoms with Crippen LogP contribution in [-0.2, 0) is 20.7 Å². The average molecular weight is 415 g/mol. The van der Waals surface area contributed by atoms with Crippen molar-refractivity contribution < 1.29 is 14.3 Å². The first kappa shape index (κ1) is 20.9. The van der Waals surface area contributed by atoms with E-state index in [1.807, 2.05) is 17.9 Å². The Bertz CT molecular complexity index is 677. The van der Waals surface area contributed by atoms with Gasteiger partial charge in [-0.1, -0.05) is 29.3 Å². The van der Waals surface area contributed by atoms with E-state index in [1.54, 1.807) is 26.4 Å². The van der Waals surface area contributed by atoms with Crippen LogP contribution in [0.25, 0.3) is 0 Å². The SMILES string of the molecule is CCN(C(=O)Cc1ccc(Cl)c(Cl)c1)C1CC(OC)(OC)CC1N1CCC1. The molecule has 1 aromatic carbocycles. The van der Waals surface area contributed by atoms with Crippen LogP contribution in [-0.4, -0.2) is 67.4 Å². The first-order chi connectivity index (χ1) is 12.9. The van der Waals surface area contributed by atoms with Gasteiger partial charge in [0, 0.05) is 39.6 Å². The second-order valence-corrected chi connectivity index (χ2v) is 8.17. The molecule has 1 saturated carbocycles. The molecular weight excluding hydrogens is 387 g/mol. The fourth-order valence-corrected chi connectivity index (χ4v) is 4.61. The van der Waals surface area contributed by atoms with Crippen LogP contribution in [0.2, 0.25) is 10.0 Å². The molecule has 1 aliphatic heterocycles. The Morgan fingerprint density at radius 1 is 1.22 bits per heavy atom. The molecule has 150 valence electrons. The average Bonchev–Trinajstić information content (AvgIpc) is 2.97. The van der Waals surface area contributed by atoms with Crippen molar-refractivity contribution >= 4 is 29.1 Å². The topological polar surface area (TPSA) is 42.0 Å². The van der Waals surface area contributed by atoms with Gasteiger partial charge in [-0.25, -0.2) is 0 Å². The van der Waals surface area contributed by atoms with Crippen LogP contribution >= 0.6 is 23.2 Å². The number of hydrogen-bond acceptors (Lipinski definition) is 4. The van der Waals surface area contributed by atoms with Crippen LogP contribution in [0.4, 0.5) is 0 Å². The van der Waals surface area contributed by atoms with E-state index in [1.165, 1.54) is 6.42 Å². The van der Waals surface area contributed by atoms with Gasteiger partial charge in [-0.15, -0.1) is 0 Å². The van der Waals surface area contributed by atoms with E-state index in [-0.39, 0.29) is 18.0 Å². The lowest BCUT2D eigenvalue weighted by Crippen LogP contribution is -2.55. The second-order valence-electron chi connectivity index (χ2n) is 7.36. The van der Waals surface area contributed by atoms with Crippen LogP contribution < -0.4 is 0 Å².